The number of hydrogen-bond acceptors (Lipinski definition) is 2. The van der Waals surface area contributed by atoms with Gasteiger partial charge in [-0.25, -0.2) is 0 Å². The maximum atomic E-state index is 11.7. The highest BCUT2D eigenvalue weighted by molar-refractivity contribution is 6.42. The number of pyridine rings is 1. The van der Waals surface area contributed by atoms with Gasteiger partial charge in [0.15, 0.2) is 0 Å². The van der Waals surface area contributed by atoms with Crippen LogP contribution in [0, 0.1) is 0 Å². The first kappa shape index (κ1) is 14.6. The minimum atomic E-state index is -0.193. The molecule has 102 valence electrons. The summed E-state index contributed by atoms with van der Waals surface area (Å²) in [6.45, 7) is 0.394. The number of nitrogens with one attached hydrogen (secondary N) is 1. The molecule has 1 N–H and O–H groups in total. The van der Waals surface area contributed by atoms with E-state index in [0.717, 1.165) is 11.3 Å². The lowest BCUT2D eigenvalue weighted by molar-refractivity contribution is -0.116. The number of carbonyl (C=O) groups is 1. The van der Waals surface area contributed by atoms with Crippen LogP contribution in [-0.4, -0.2) is 10.9 Å². The van der Waals surface area contributed by atoms with Crippen LogP contribution in [0.25, 0.3) is 6.08 Å². The molecule has 0 spiro atoms. The summed E-state index contributed by atoms with van der Waals surface area (Å²) >= 11 is 11.7. The summed E-state index contributed by atoms with van der Waals surface area (Å²) in [4.78, 5) is 15.8. The SMILES string of the molecule is O=C(C=Cc1ccc(Cl)c(Cl)c1)NCc1ccccn1. The van der Waals surface area contributed by atoms with Gasteiger partial charge in [0.05, 0.1) is 22.3 Å². The quantitative estimate of drug-likeness (QED) is 0.875. The molecule has 0 unspecified atom stereocenters. The van der Waals surface area contributed by atoms with E-state index in [9.17, 15) is 4.79 Å². The third-order valence-corrected chi connectivity index (χ3v) is 3.28. The van der Waals surface area contributed by atoms with Crippen LogP contribution in [0.5, 0.6) is 0 Å². The Morgan fingerprint density at radius 1 is 1.20 bits per heavy atom. The van der Waals surface area contributed by atoms with Crippen molar-refractivity contribution in [3.05, 3.63) is 70.0 Å². The van der Waals surface area contributed by atoms with Crippen LogP contribution >= 0.6 is 23.2 Å². The Hall–Kier alpha value is -1.84. The van der Waals surface area contributed by atoms with Gasteiger partial charge in [0.25, 0.3) is 0 Å². The van der Waals surface area contributed by atoms with Crippen LogP contribution in [0.3, 0.4) is 0 Å². The molecule has 0 saturated heterocycles. The fourth-order valence-corrected chi connectivity index (χ4v) is 1.83. The Kier molecular flexibility index (Phi) is 5.16. The van der Waals surface area contributed by atoms with E-state index in [1.807, 2.05) is 18.2 Å². The molecule has 0 bridgehead atoms. The molecule has 2 rings (SSSR count). The molecule has 0 aliphatic heterocycles. The average Bonchev–Trinajstić information content (AvgIpc) is 2.47. The van der Waals surface area contributed by atoms with E-state index in [-0.39, 0.29) is 5.91 Å². The number of halogens is 2. The zero-order chi connectivity index (χ0) is 14.4. The first-order chi connectivity index (χ1) is 9.65. The molecule has 3 nitrogen and oxygen atoms in total. The molecule has 0 aliphatic rings. The minimum absolute atomic E-state index is 0.193. The van der Waals surface area contributed by atoms with E-state index < -0.39 is 0 Å². The summed E-state index contributed by atoms with van der Waals surface area (Å²) in [5.41, 5.74) is 1.62. The molecule has 1 aromatic heterocycles. The summed E-state index contributed by atoms with van der Waals surface area (Å²) in [5, 5.41) is 3.70. The van der Waals surface area contributed by atoms with Gasteiger partial charge < -0.3 is 5.32 Å². The lowest BCUT2D eigenvalue weighted by Gasteiger charge is -2.01. The van der Waals surface area contributed by atoms with Gasteiger partial charge in [-0.3, -0.25) is 9.78 Å². The van der Waals surface area contributed by atoms with Crippen LogP contribution in [0.15, 0.2) is 48.7 Å². The third-order valence-electron chi connectivity index (χ3n) is 2.54. The van der Waals surface area contributed by atoms with Crippen molar-refractivity contribution in [1.29, 1.82) is 0 Å². The van der Waals surface area contributed by atoms with E-state index in [4.69, 9.17) is 23.2 Å². The van der Waals surface area contributed by atoms with Gasteiger partial charge in [-0.15, -0.1) is 0 Å². The fraction of sp³-hybridized carbons (Fsp3) is 0.0667. The van der Waals surface area contributed by atoms with Crippen molar-refractivity contribution < 1.29 is 4.79 Å². The molecule has 0 fully saturated rings. The third kappa shape index (κ3) is 4.37. The zero-order valence-electron chi connectivity index (χ0n) is 10.5. The van der Waals surface area contributed by atoms with E-state index in [1.54, 1.807) is 30.5 Å². The molecule has 2 aromatic rings. The van der Waals surface area contributed by atoms with Crippen molar-refractivity contribution >= 4 is 35.2 Å². The summed E-state index contributed by atoms with van der Waals surface area (Å²) in [6.07, 6.45) is 4.81. The molecule has 1 amide bonds. The molecule has 1 heterocycles. The highest BCUT2D eigenvalue weighted by Gasteiger charge is 1.99. The van der Waals surface area contributed by atoms with E-state index in [2.05, 4.69) is 10.3 Å². The smallest absolute Gasteiger partial charge is 0.244 e. The van der Waals surface area contributed by atoms with Crippen LogP contribution in [-0.2, 0) is 11.3 Å². The van der Waals surface area contributed by atoms with Crippen LogP contribution in [0.4, 0.5) is 0 Å². The molecular weight excluding hydrogens is 295 g/mol. The summed E-state index contributed by atoms with van der Waals surface area (Å²) in [6, 6.07) is 10.7. The van der Waals surface area contributed by atoms with E-state index >= 15 is 0 Å². The monoisotopic (exact) mass is 306 g/mol. The lowest BCUT2D eigenvalue weighted by Crippen LogP contribution is -2.20. The van der Waals surface area contributed by atoms with Gasteiger partial charge in [0, 0.05) is 12.3 Å². The Morgan fingerprint density at radius 3 is 2.75 bits per heavy atom. The van der Waals surface area contributed by atoms with Crippen LogP contribution in [0.1, 0.15) is 11.3 Å². The molecule has 0 radical (unpaired) electrons. The molecule has 5 heteroatoms. The second kappa shape index (κ2) is 7.08. The van der Waals surface area contributed by atoms with Crippen molar-refractivity contribution in [3.63, 3.8) is 0 Å². The summed E-state index contributed by atoms with van der Waals surface area (Å²) in [7, 11) is 0. The average molecular weight is 307 g/mol. The largest absolute Gasteiger partial charge is 0.347 e. The van der Waals surface area contributed by atoms with Crippen LogP contribution in [0.2, 0.25) is 10.0 Å². The second-order valence-electron chi connectivity index (χ2n) is 4.05. The Labute approximate surface area is 127 Å². The standard InChI is InChI=1S/C15H12Cl2N2O/c16-13-6-4-11(9-14(13)17)5-7-15(20)19-10-12-3-1-2-8-18-12/h1-9H,10H2,(H,19,20). The summed E-state index contributed by atoms with van der Waals surface area (Å²) < 4.78 is 0. The zero-order valence-corrected chi connectivity index (χ0v) is 12.0. The second-order valence-corrected chi connectivity index (χ2v) is 4.86. The first-order valence-electron chi connectivity index (χ1n) is 5.96. The van der Waals surface area contributed by atoms with Gasteiger partial charge in [-0.1, -0.05) is 35.3 Å². The highest BCUT2D eigenvalue weighted by Crippen LogP contribution is 2.22. The number of benzene rings is 1. The minimum Gasteiger partial charge on any atom is -0.347 e. The van der Waals surface area contributed by atoms with Gasteiger partial charge in [-0.2, -0.15) is 0 Å². The molecule has 0 atom stereocenters. The Morgan fingerprint density at radius 2 is 2.05 bits per heavy atom. The fourth-order valence-electron chi connectivity index (χ4n) is 1.53. The molecule has 20 heavy (non-hydrogen) atoms. The van der Waals surface area contributed by atoms with Crippen LogP contribution < -0.4 is 5.32 Å². The topological polar surface area (TPSA) is 42.0 Å². The van der Waals surface area contributed by atoms with Gasteiger partial charge in [-0.05, 0) is 35.9 Å². The van der Waals surface area contributed by atoms with Crippen molar-refractivity contribution in [2.75, 3.05) is 0 Å². The van der Waals surface area contributed by atoms with E-state index in [0.29, 0.717) is 16.6 Å². The van der Waals surface area contributed by atoms with Crippen molar-refractivity contribution in [1.82, 2.24) is 10.3 Å². The van der Waals surface area contributed by atoms with E-state index in [1.165, 1.54) is 6.08 Å². The Bertz CT molecular complexity index is 627. The van der Waals surface area contributed by atoms with Crippen molar-refractivity contribution in [2.24, 2.45) is 0 Å². The Balaban J connectivity index is 1.90. The normalized spacial score (nSPS) is 10.7. The predicted molar refractivity (Wildman–Crippen MR) is 81.6 cm³/mol. The molecule has 0 saturated carbocycles. The maximum absolute atomic E-state index is 11.7. The van der Waals surface area contributed by atoms with Gasteiger partial charge in [0.1, 0.15) is 0 Å². The predicted octanol–water partition coefficient (Wildman–Crippen LogP) is 3.72. The number of rotatable bonds is 4. The number of carbonyl (C=O) groups excluding carboxylic acids is 1. The maximum Gasteiger partial charge on any atom is 0.244 e. The number of nitrogens with zero attached hydrogens (tertiary/aromatic N) is 1. The molecule has 0 aliphatic carbocycles. The van der Waals surface area contributed by atoms with Crippen molar-refractivity contribution in [3.8, 4) is 0 Å². The van der Waals surface area contributed by atoms with Crippen molar-refractivity contribution in [2.45, 2.75) is 6.54 Å². The number of amides is 1. The molecule has 1 aromatic carbocycles. The number of hydrogen-bond donors (Lipinski definition) is 1. The molecular formula is C15H12Cl2N2O. The lowest BCUT2D eigenvalue weighted by atomic mass is 10.2. The number of aromatic nitrogens is 1. The first-order valence-corrected chi connectivity index (χ1v) is 6.71. The summed E-state index contributed by atoms with van der Waals surface area (Å²) in [5.74, 6) is -0.193. The van der Waals surface area contributed by atoms with Gasteiger partial charge >= 0.3 is 0 Å². The van der Waals surface area contributed by atoms with Gasteiger partial charge in [0.2, 0.25) is 5.91 Å². The highest BCUT2D eigenvalue weighted by atomic mass is 35.5.